The molecule has 3 rings (SSSR count). The number of carboxylic acids is 1. The average Bonchev–Trinajstić information content (AvgIpc) is 2.68. The first-order chi connectivity index (χ1) is 13.7. The summed E-state index contributed by atoms with van der Waals surface area (Å²) in [6.07, 6.45) is 0. The molecular formula is C20H16N2O6S. The lowest BCUT2D eigenvalue weighted by atomic mass is 10.2. The molecule has 0 aliphatic heterocycles. The smallest absolute Gasteiger partial charge is 0.335 e. The van der Waals surface area contributed by atoms with Crippen LogP contribution in [-0.2, 0) is 10.0 Å². The van der Waals surface area contributed by atoms with Crippen LogP contribution in [0.2, 0.25) is 0 Å². The Kier molecular flexibility index (Phi) is 5.51. The zero-order chi connectivity index (χ0) is 21.0. The molecule has 0 saturated heterocycles. The summed E-state index contributed by atoms with van der Waals surface area (Å²) < 4.78 is 27.5. The fraction of sp³-hybridized carbons (Fsp3) is 0. The van der Waals surface area contributed by atoms with Crippen molar-refractivity contribution in [3.63, 3.8) is 0 Å². The second-order valence-corrected chi connectivity index (χ2v) is 7.70. The van der Waals surface area contributed by atoms with Crippen molar-refractivity contribution in [3.8, 4) is 5.75 Å². The van der Waals surface area contributed by atoms with Gasteiger partial charge in [0.2, 0.25) is 0 Å². The highest BCUT2D eigenvalue weighted by molar-refractivity contribution is 7.92. The zero-order valence-corrected chi connectivity index (χ0v) is 15.7. The van der Waals surface area contributed by atoms with E-state index in [1.54, 1.807) is 0 Å². The number of carbonyl (C=O) groups is 2. The normalized spacial score (nSPS) is 10.9. The summed E-state index contributed by atoms with van der Waals surface area (Å²) in [7, 11) is -3.98. The number of rotatable bonds is 6. The lowest BCUT2D eigenvalue weighted by molar-refractivity contribution is 0.0696. The topological polar surface area (TPSA) is 133 Å². The van der Waals surface area contributed by atoms with Crippen LogP contribution in [0.3, 0.4) is 0 Å². The second-order valence-electron chi connectivity index (χ2n) is 6.02. The van der Waals surface area contributed by atoms with Crippen LogP contribution in [0.5, 0.6) is 5.75 Å². The van der Waals surface area contributed by atoms with Crippen LogP contribution in [0.15, 0.2) is 77.7 Å². The quantitative estimate of drug-likeness (QED) is 0.492. The fourth-order valence-corrected chi connectivity index (χ4v) is 3.58. The van der Waals surface area contributed by atoms with Gasteiger partial charge in [-0.15, -0.1) is 0 Å². The number of nitrogens with one attached hydrogen (secondary N) is 2. The van der Waals surface area contributed by atoms with E-state index in [9.17, 15) is 23.1 Å². The first-order valence-corrected chi connectivity index (χ1v) is 9.79. The van der Waals surface area contributed by atoms with Crippen molar-refractivity contribution in [2.75, 3.05) is 10.0 Å². The maximum absolute atomic E-state index is 12.6. The molecule has 0 aliphatic carbocycles. The minimum absolute atomic E-state index is 0.0779. The first kappa shape index (κ1) is 19.9. The van der Waals surface area contributed by atoms with Gasteiger partial charge in [-0.05, 0) is 54.6 Å². The Morgan fingerprint density at radius 1 is 0.793 bits per heavy atom. The molecule has 0 spiro atoms. The Morgan fingerprint density at radius 3 is 2.14 bits per heavy atom. The van der Waals surface area contributed by atoms with E-state index in [0.29, 0.717) is 5.69 Å². The standard InChI is InChI=1S/C20H16N2O6S/c23-17-5-2-4-16(12-17)22-29(27,28)18-6-1-3-14(11-18)19(24)21-15-9-7-13(8-10-15)20(25)26/h1-12,22-23H,(H,21,24)(H,25,26). The van der Waals surface area contributed by atoms with Gasteiger partial charge in [0.1, 0.15) is 5.75 Å². The fourth-order valence-electron chi connectivity index (χ4n) is 2.49. The minimum Gasteiger partial charge on any atom is -0.508 e. The number of hydrogen-bond acceptors (Lipinski definition) is 5. The predicted octanol–water partition coefficient (Wildman–Crippen LogP) is 3.14. The monoisotopic (exact) mass is 412 g/mol. The maximum atomic E-state index is 12.6. The lowest BCUT2D eigenvalue weighted by Gasteiger charge is -2.10. The zero-order valence-electron chi connectivity index (χ0n) is 14.9. The summed E-state index contributed by atoms with van der Waals surface area (Å²) in [6.45, 7) is 0. The molecule has 3 aromatic carbocycles. The van der Waals surface area contributed by atoms with Crippen LogP contribution in [0.4, 0.5) is 11.4 Å². The third kappa shape index (κ3) is 4.90. The number of benzene rings is 3. The molecular weight excluding hydrogens is 396 g/mol. The lowest BCUT2D eigenvalue weighted by Crippen LogP contribution is -2.16. The molecule has 0 aliphatic rings. The first-order valence-electron chi connectivity index (χ1n) is 8.31. The number of amides is 1. The summed E-state index contributed by atoms with van der Waals surface area (Å²) in [4.78, 5) is 23.2. The highest BCUT2D eigenvalue weighted by atomic mass is 32.2. The van der Waals surface area contributed by atoms with Gasteiger partial charge in [0, 0.05) is 17.3 Å². The van der Waals surface area contributed by atoms with Crippen molar-refractivity contribution in [2.45, 2.75) is 4.90 Å². The molecule has 0 fully saturated rings. The van der Waals surface area contributed by atoms with E-state index in [-0.39, 0.29) is 27.5 Å². The van der Waals surface area contributed by atoms with Gasteiger partial charge >= 0.3 is 5.97 Å². The van der Waals surface area contributed by atoms with Crippen molar-refractivity contribution in [2.24, 2.45) is 0 Å². The molecule has 8 nitrogen and oxygen atoms in total. The number of anilines is 2. The van der Waals surface area contributed by atoms with Crippen molar-refractivity contribution in [1.82, 2.24) is 0 Å². The Labute approximate surface area is 166 Å². The van der Waals surface area contributed by atoms with Crippen LogP contribution in [-0.4, -0.2) is 30.5 Å². The summed E-state index contributed by atoms with van der Waals surface area (Å²) >= 11 is 0. The number of aromatic hydroxyl groups is 1. The number of aromatic carboxylic acids is 1. The Balaban J connectivity index is 1.79. The molecule has 0 unspecified atom stereocenters. The predicted molar refractivity (Wildman–Crippen MR) is 107 cm³/mol. The van der Waals surface area contributed by atoms with E-state index >= 15 is 0 Å². The molecule has 0 heterocycles. The third-order valence-corrected chi connectivity index (χ3v) is 5.27. The number of carbonyl (C=O) groups excluding carboxylic acids is 1. The summed E-state index contributed by atoms with van der Waals surface area (Å²) in [6, 6.07) is 16.6. The van der Waals surface area contributed by atoms with E-state index in [2.05, 4.69) is 10.0 Å². The van der Waals surface area contributed by atoms with Crippen molar-refractivity contribution in [1.29, 1.82) is 0 Å². The third-order valence-electron chi connectivity index (χ3n) is 3.89. The Bertz CT molecular complexity index is 1170. The molecule has 3 aromatic rings. The van der Waals surface area contributed by atoms with Crippen LogP contribution in [0.1, 0.15) is 20.7 Å². The Hall–Kier alpha value is -3.85. The van der Waals surface area contributed by atoms with Crippen molar-refractivity contribution >= 4 is 33.3 Å². The number of sulfonamides is 1. The van der Waals surface area contributed by atoms with Gasteiger partial charge in [0.15, 0.2) is 0 Å². The molecule has 0 radical (unpaired) electrons. The molecule has 148 valence electrons. The van der Waals surface area contributed by atoms with Gasteiger partial charge in [-0.2, -0.15) is 0 Å². The highest BCUT2D eigenvalue weighted by Gasteiger charge is 2.17. The molecule has 0 atom stereocenters. The van der Waals surface area contributed by atoms with E-state index in [4.69, 9.17) is 5.11 Å². The highest BCUT2D eigenvalue weighted by Crippen LogP contribution is 2.21. The van der Waals surface area contributed by atoms with Gasteiger partial charge in [-0.25, -0.2) is 13.2 Å². The Morgan fingerprint density at radius 2 is 1.48 bits per heavy atom. The number of phenols is 1. The van der Waals surface area contributed by atoms with Gasteiger partial charge in [-0.3, -0.25) is 9.52 Å². The number of hydrogen-bond donors (Lipinski definition) is 4. The average molecular weight is 412 g/mol. The van der Waals surface area contributed by atoms with Crippen LogP contribution < -0.4 is 10.0 Å². The molecule has 9 heteroatoms. The van der Waals surface area contributed by atoms with E-state index in [1.165, 1.54) is 72.8 Å². The minimum atomic E-state index is -3.98. The van der Waals surface area contributed by atoms with Crippen molar-refractivity contribution < 1.29 is 28.2 Å². The van der Waals surface area contributed by atoms with Gasteiger partial charge in [0.25, 0.3) is 15.9 Å². The van der Waals surface area contributed by atoms with Gasteiger partial charge < -0.3 is 15.5 Å². The molecule has 0 aromatic heterocycles. The van der Waals surface area contributed by atoms with Crippen LogP contribution in [0, 0.1) is 0 Å². The van der Waals surface area contributed by atoms with E-state index < -0.39 is 21.9 Å². The van der Waals surface area contributed by atoms with Gasteiger partial charge in [0.05, 0.1) is 16.1 Å². The largest absolute Gasteiger partial charge is 0.508 e. The second kappa shape index (κ2) is 8.03. The summed E-state index contributed by atoms with van der Waals surface area (Å²) in [5.74, 6) is -1.73. The number of phenolic OH excluding ortho intramolecular Hbond substituents is 1. The van der Waals surface area contributed by atoms with E-state index in [1.807, 2.05) is 0 Å². The molecule has 0 bridgehead atoms. The summed E-state index contributed by atoms with van der Waals surface area (Å²) in [5, 5.41) is 20.9. The SMILES string of the molecule is O=C(O)c1ccc(NC(=O)c2cccc(S(=O)(=O)Nc3cccc(O)c3)c2)cc1. The van der Waals surface area contributed by atoms with Gasteiger partial charge in [-0.1, -0.05) is 12.1 Å². The molecule has 1 amide bonds. The molecule has 0 saturated carbocycles. The number of carboxylic acid groups (broad SMARTS) is 1. The molecule has 4 N–H and O–H groups in total. The van der Waals surface area contributed by atoms with Crippen LogP contribution >= 0.6 is 0 Å². The van der Waals surface area contributed by atoms with Crippen molar-refractivity contribution in [3.05, 3.63) is 83.9 Å². The van der Waals surface area contributed by atoms with E-state index in [0.717, 1.165) is 0 Å². The maximum Gasteiger partial charge on any atom is 0.335 e. The van der Waals surface area contributed by atoms with Crippen LogP contribution in [0.25, 0.3) is 0 Å². The summed E-state index contributed by atoms with van der Waals surface area (Å²) in [5.41, 5.74) is 0.727. The molecule has 29 heavy (non-hydrogen) atoms.